The lowest BCUT2D eigenvalue weighted by Gasteiger charge is -2.31. The van der Waals surface area contributed by atoms with Crippen molar-refractivity contribution in [2.75, 3.05) is 19.6 Å². The van der Waals surface area contributed by atoms with Gasteiger partial charge in [0.1, 0.15) is 0 Å². The second-order valence-electron chi connectivity index (χ2n) is 6.82. The number of H-pyrrole nitrogens is 1. The van der Waals surface area contributed by atoms with Gasteiger partial charge >= 0.3 is 0 Å². The van der Waals surface area contributed by atoms with E-state index in [1.807, 2.05) is 43.0 Å². The maximum Gasteiger partial charge on any atom is 0.290 e. The van der Waals surface area contributed by atoms with E-state index in [2.05, 4.69) is 30.7 Å². The van der Waals surface area contributed by atoms with Crippen LogP contribution in [0.4, 0.5) is 0 Å². The average Bonchev–Trinajstić information content (AvgIpc) is 3.47. The van der Waals surface area contributed by atoms with Crippen molar-refractivity contribution >= 4 is 24.5 Å². The number of imidazole rings is 1. The normalized spacial score (nSPS) is 14.0. The summed E-state index contributed by atoms with van der Waals surface area (Å²) in [5, 5.41) is 22.2. The molecule has 0 amide bonds. The lowest BCUT2D eigenvalue weighted by Crippen LogP contribution is -2.35. The van der Waals surface area contributed by atoms with Crippen LogP contribution in [0.25, 0.3) is 11.3 Å². The molecule has 0 spiro atoms. The summed E-state index contributed by atoms with van der Waals surface area (Å²) in [4.78, 5) is 23.3. The largest absolute Gasteiger partial charge is 0.483 e. The molecule has 1 aromatic carbocycles. The van der Waals surface area contributed by atoms with Crippen LogP contribution in [0.5, 0.6) is 0 Å². The molecule has 166 valence electrons. The summed E-state index contributed by atoms with van der Waals surface area (Å²) in [6.07, 6.45) is 8.06. The van der Waals surface area contributed by atoms with Gasteiger partial charge in [0.15, 0.2) is 0 Å². The number of benzene rings is 1. The van der Waals surface area contributed by atoms with Crippen LogP contribution in [0, 0.1) is 0 Å². The Morgan fingerprint density at radius 1 is 1.13 bits per heavy atom. The number of nitrogens with one attached hydrogen (secondary N) is 1. The molecule has 0 aliphatic carbocycles. The van der Waals surface area contributed by atoms with Crippen molar-refractivity contribution in [2.45, 2.75) is 25.3 Å². The molecule has 9 nitrogen and oxygen atoms in total. The van der Waals surface area contributed by atoms with Crippen molar-refractivity contribution in [2.24, 2.45) is 0 Å². The molecule has 1 fully saturated rings. The van der Waals surface area contributed by atoms with Gasteiger partial charge < -0.3 is 19.7 Å². The lowest BCUT2D eigenvalue weighted by molar-refractivity contribution is -0.123. The second-order valence-corrected chi connectivity index (χ2v) is 7.22. The second kappa shape index (κ2) is 13.2. The van der Waals surface area contributed by atoms with Crippen LogP contribution in [0.3, 0.4) is 0 Å². The number of piperidine rings is 1. The van der Waals surface area contributed by atoms with Crippen LogP contribution in [-0.4, -0.2) is 67.4 Å². The van der Waals surface area contributed by atoms with E-state index >= 15 is 0 Å². The molecule has 0 unspecified atom stereocenters. The van der Waals surface area contributed by atoms with Gasteiger partial charge in [-0.1, -0.05) is 29.8 Å². The van der Waals surface area contributed by atoms with Crippen LogP contribution >= 0.6 is 11.6 Å². The minimum absolute atomic E-state index is 0.250. The van der Waals surface area contributed by atoms with Gasteiger partial charge in [-0.15, -0.1) is 0 Å². The Morgan fingerprint density at radius 3 is 2.42 bits per heavy atom. The number of aromatic nitrogens is 4. The van der Waals surface area contributed by atoms with Crippen molar-refractivity contribution in [3.63, 3.8) is 0 Å². The summed E-state index contributed by atoms with van der Waals surface area (Å²) in [7, 11) is 0. The lowest BCUT2D eigenvalue weighted by atomic mass is 9.93. The number of carboxylic acid groups (broad SMARTS) is 2. The topological polar surface area (TPSA) is 124 Å². The highest BCUT2D eigenvalue weighted by Gasteiger charge is 2.22. The number of hydrogen-bond acceptors (Lipinski definition) is 5. The van der Waals surface area contributed by atoms with Gasteiger partial charge in [-0.05, 0) is 38.1 Å². The molecule has 3 aromatic rings. The predicted molar refractivity (Wildman–Crippen MR) is 117 cm³/mol. The van der Waals surface area contributed by atoms with Crippen molar-refractivity contribution in [3.8, 4) is 11.3 Å². The van der Waals surface area contributed by atoms with Crippen molar-refractivity contribution < 1.29 is 19.8 Å². The van der Waals surface area contributed by atoms with Gasteiger partial charge in [-0.2, -0.15) is 5.10 Å². The summed E-state index contributed by atoms with van der Waals surface area (Å²) in [6.45, 7) is 3.84. The molecule has 10 heteroatoms. The minimum Gasteiger partial charge on any atom is -0.483 e. The van der Waals surface area contributed by atoms with E-state index in [1.165, 1.54) is 5.69 Å². The molecular formula is C21H26ClN5O4. The van der Waals surface area contributed by atoms with Crippen molar-refractivity contribution in [3.05, 3.63) is 59.8 Å². The van der Waals surface area contributed by atoms with E-state index in [0.717, 1.165) is 55.3 Å². The zero-order valence-electron chi connectivity index (χ0n) is 17.0. The Kier molecular flexibility index (Phi) is 10.3. The minimum atomic E-state index is -0.250. The first-order valence-corrected chi connectivity index (χ1v) is 10.1. The molecule has 3 N–H and O–H groups in total. The first-order valence-electron chi connectivity index (χ1n) is 9.76. The molecule has 1 aliphatic rings. The summed E-state index contributed by atoms with van der Waals surface area (Å²) >= 11 is 6.28. The maximum atomic E-state index is 8.36. The first-order chi connectivity index (χ1) is 15.1. The fourth-order valence-corrected chi connectivity index (χ4v) is 3.73. The molecule has 2 aromatic heterocycles. The monoisotopic (exact) mass is 447 g/mol. The molecule has 3 heterocycles. The van der Waals surface area contributed by atoms with Gasteiger partial charge in [-0.25, -0.2) is 4.98 Å². The molecule has 1 saturated heterocycles. The summed E-state index contributed by atoms with van der Waals surface area (Å²) in [5.41, 5.74) is 3.15. The van der Waals surface area contributed by atoms with Gasteiger partial charge in [0.2, 0.25) is 0 Å². The number of nitrogens with zero attached hydrogens (tertiary/aromatic N) is 4. The van der Waals surface area contributed by atoms with Gasteiger partial charge in [0, 0.05) is 42.7 Å². The highest BCUT2D eigenvalue weighted by atomic mass is 35.5. The summed E-state index contributed by atoms with van der Waals surface area (Å²) < 4.78 is 2.14. The molecule has 0 bridgehead atoms. The van der Waals surface area contributed by atoms with Crippen LogP contribution < -0.4 is 0 Å². The molecule has 0 radical (unpaired) electrons. The Labute approximate surface area is 185 Å². The standard InChI is InChI=1S/C19H22ClN5.2CH2O2/c20-17-4-2-1-3-16(17)19-13-18(22-23-19)15-5-8-24(9-6-15)11-12-25-10-7-21-14-25;2*2-1-3/h1-4,7,10,13-15H,5-6,8-9,11-12H2,(H,22,23);2*1H,(H,2,3). The highest BCUT2D eigenvalue weighted by Crippen LogP contribution is 2.31. The highest BCUT2D eigenvalue weighted by molar-refractivity contribution is 6.33. The molecule has 4 rings (SSSR count). The fourth-order valence-electron chi connectivity index (χ4n) is 3.50. The Hall–Kier alpha value is -3.17. The van der Waals surface area contributed by atoms with E-state index in [0.29, 0.717) is 5.92 Å². The number of rotatable bonds is 5. The quantitative estimate of drug-likeness (QED) is 0.513. The van der Waals surface area contributed by atoms with Gasteiger partial charge in [-0.3, -0.25) is 14.7 Å². The molecule has 0 atom stereocenters. The van der Waals surface area contributed by atoms with Crippen molar-refractivity contribution in [1.29, 1.82) is 0 Å². The summed E-state index contributed by atoms with van der Waals surface area (Å²) in [5.74, 6) is 0.549. The molecule has 1 aliphatic heterocycles. The number of hydrogen-bond donors (Lipinski definition) is 3. The third-order valence-electron chi connectivity index (χ3n) is 5.01. The van der Waals surface area contributed by atoms with E-state index < -0.39 is 0 Å². The van der Waals surface area contributed by atoms with E-state index in [4.69, 9.17) is 31.4 Å². The molecular weight excluding hydrogens is 422 g/mol. The molecule has 0 saturated carbocycles. The van der Waals surface area contributed by atoms with Crippen LogP contribution in [0.15, 0.2) is 49.1 Å². The van der Waals surface area contributed by atoms with Crippen LogP contribution in [-0.2, 0) is 16.1 Å². The SMILES string of the molecule is Clc1ccccc1-c1cc(C2CCN(CCn3ccnc3)CC2)[nH]n1.O=CO.O=CO. The molecule has 31 heavy (non-hydrogen) atoms. The van der Waals surface area contributed by atoms with E-state index in [9.17, 15) is 0 Å². The average molecular weight is 448 g/mol. The van der Waals surface area contributed by atoms with Gasteiger partial charge in [0.05, 0.1) is 17.0 Å². The third kappa shape index (κ3) is 7.54. The Morgan fingerprint density at radius 2 is 1.81 bits per heavy atom. The number of likely N-dealkylation sites (tertiary alicyclic amines) is 1. The summed E-state index contributed by atoms with van der Waals surface area (Å²) in [6, 6.07) is 10.0. The van der Waals surface area contributed by atoms with Crippen LogP contribution in [0.2, 0.25) is 5.02 Å². The fraction of sp³-hybridized carbons (Fsp3) is 0.333. The van der Waals surface area contributed by atoms with E-state index in [1.54, 1.807) is 0 Å². The number of aromatic amines is 1. The maximum absolute atomic E-state index is 8.36. The Bertz CT molecular complexity index is 902. The first kappa shape index (κ1) is 24.1. The van der Waals surface area contributed by atoms with Crippen LogP contribution in [0.1, 0.15) is 24.5 Å². The predicted octanol–water partition coefficient (Wildman–Crippen LogP) is 3.21. The number of halogens is 1. The Balaban J connectivity index is 0.000000513. The van der Waals surface area contributed by atoms with Crippen molar-refractivity contribution in [1.82, 2.24) is 24.6 Å². The van der Waals surface area contributed by atoms with Gasteiger partial charge in [0.25, 0.3) is 12.9 Å². The zero-order valence-corrected chi connectivity index (χ0v) is 17.7. The number of carbonyl (C=O) groups is 2. The smallest absolute Gasteiger partial charge is 0.290 e. The zero-order chi connectivity index (χ0) is 22.5. The van der Waals surface area contributed by atoms with E-state index in [-0.39, 0.29) is 12.9 Å². The third-order valence-corrected chi connectivity index (χ3v) is 5.34.